The molecule has 0 aromatic rings. The fourth-order valence-electron chi connectivity index (χ4n) is 4.13. The predicted octanol–water partition coefficient (Wildman–Crippen LogP) is 3.09. The molecule has 2 saturated carbocycles. The third-order valence-corrected chi connectivity index (χ3v) is 6.23. The normalized spacial score (nSPS) is 35.9. The highest BCUT2D eigenvalue weighted by Gasteiger charge is 2.62. The summed E-state index contributed by atoms with van der Waals surface area (Å²) in [5.41, 5.74) is 0.490. The molecule has 3 atom stereocenters. The van der Waals surface area contributed by atoms with Gasteiger partial charge >= 0.3 is 5.97 Å². The highest BCUT2D eigenvalue weighted by atomic mass is 16.5. The van der Waals surface area contributed by atoms with Crippen molar-refractivity contribution in [2.24, 2.45) is 16.7 Å². The molecule has 0 aromatic carbocycles. The van der Waals surface area contributed by atoms with Gasteiger partial charge in [-0.15, -0.1) is 0 Å². The third kappa shape index (κ3) is 2.31. The van der Waals surface area contributed by atoms with Gasteiger partial charge in [0.1, 0.15) is 6.10 Å². The van der Waals surface area contributed by atoms with E-state index >= 15 is 0 Å². The first-order chi connectivity index (χ1) is 8.85. The van der Waals surface area contributed by atoms with E-state index in [2.05, 4.69) is 39.5 Å². The van der Waals surface area contributed by atoms with E-state index in [0.29, 0.717) is 12.0 Å². The van der Waals surface area contributed by atoms with Crippen LogP contribution in [0.4, 0.5) is 0 Å². The summed E-state index contributed by atoms with van der Waals surface area (Å²) in [7, 11) is 0. The summed E-state index contributed by atoms with van der Waals surface area (Å²) in [6, 6.07) is 0. The minimum atomic E-state index is -0.0433. The molecule has 2 fully saturated rings. The van der Waals surface area contributed by atoms with Gasteiger partial charge in [-0.2, -0.15) is 0 Å². The maximum absolute atomic E-state index is 12.1. The molecule has 0 radical (unpaired) electrons. The lowest BCUT2D eigenvalue weighted by Crippen LogP contribution is -2.40. The molecule has 2 aliphatic rings. The molecule has 0 amide bonds. The lowest BCUT2D eigenvalue weighted by Gasteiger charge is -2.38. The molecule has 0 aliphatic heterocycles. The lowest BCUT2D eigenvalue weighted by atomic mass is 9.70. The summed E-state index contributed by atoms with van der Waals surface area (Å²) < 4.78 is 5.84. The topological polar surface area (TPSA) is 29.5 Å². The Morgan fingerprint density at radius 1 is 1.26 bits per heavy atom. The van der Waals surface area contributed by atoms with Gasteiger partial charge in [0.05, 0.1) is 6.54 Å². The molecule has 3 nitrogen and oxygen atoms in total. The van der Waals surface area contributed by atoms with E-state index in [1.54, 1.807) is 0 Å². The molecule has 0 N–H and O–H groups in total. The standard InChI is InChI=1S/C16H29NO2/c1-6-17(7-2)11-14(18)19-13-10-12-8-9-16(13,5)15(12,3)4/h12-13H,6-11H2,1-5H3. The van der Waals surface area contributed by atoms with Gasteiger partial charge in [0.15, 0.2) is 0 Å². The molecule has 110 valence electrons. The van der Waals surface area contributed by atoms with Crippen LogP contribution < -0.4 is 0 Å². The summed E-state index contributed by atoms with van der Waals surface area (Å²) in [5, 5.41) is 0. The average Bonchev–Trinajstić information content (AvgIpc) is 2.69. The van der Waals surface area contributed by atoms with E-state index in [4.69, 9.17) is 4.74 Å². The van der Waals surface area contributed by atoms with Crippen LogP contribution in [0, 0.1) is 16.7 Å². The highest BCUT2D eigenvalue weighted by molar-refractivity contribution is 5.72. The zero-order valence-corrected chi connectivity index (χ0v) is 13.2. The van der Waals surface area contributed by atoms with E-state index < -0.39 is 0 Å². The summed E-state index contributed by atoms with van der Waals surface area (Å²) in [4.78, 5) is 14.2. The van der Waals surface area contributed by atoms with Crippen LogP contribution in [0.5, 0.6) is 0 Å². The van der Waals surface area contributed by atoms with Crippen LogP contribution in [0.2, 0.25) is 0 Å². The SMILES string of the molecule is CCN(CC)CC(=O)OC1CC2CCC1(C)C2(C)C. The van der Waals surface area contributed by atoms with Gasteiger partial charge in [-0.05, 0) is 43.7 Å². The van der Waals surface area contributed by atoms with E-state index in [0.717, 1.165) is 25.4 Å². The third-order valence-electron chi connectivity index (χ3n) is 6.23. The van der Waals surface area contributed by atoms with Crippen LogP contribution in [0.25, 0.3) is 0 Å². The number of carbonyl (C=O) groups is 1. The molecular formula is C16H29NO2. The van der Waals surface area contributed by atoms with Crippen LogP contribution in [0.3, 0.4) is 0 Å². The monoisotopic (exact) mass is 267 g/mol. The van der Waals surface area contributed by atoms with Crippen molar-refractivity contribution in [2.75, 3.05) is 19.6 Å². The second-order valence-electron chi connectivity index (χ2n) is 7.05. The molecular weight excluding hydrogens is 238 g/mol. The van der Waals surface area contributed by atoms with Gasteiger partial charge in [-0.25, -0.2) is 0 Å². The molecule has 3 heteroatoms. The Morgan fingerprint density at radius 3 is 2.32 bits per heavy atom. The molecule has 0 saturated heterocycles. The summed E-state index contributed by atoms with van der Waals surface area (Å²) in [6.45, 7) is 13.4. The zero-order valence-electron chi connectivity index (χ0n) is 13.2. The van der Waals surface area contributed by atoms with Crippen LogP contribution >= 0.6 is 0 Å². The number of hydrogen-bond acceptors (Lipinski definition) is 3. The molecule has 0 aromatic heterocycles. The molecule has 0 heterocycles. The number of rotatable bonds is 5. The second-order valence-corrected chi connectivity index (χ2v) is 7.05. The Balaban J connectivity index is 1.96. The van der Waals surface area contributed by atoms with Crippen molar-refractivity contribution >= 4 is 5.97 Å². The van der Waals surface area contributed by atoms with Gasteiger partial charge in [0.2, 0.25) is 0 Å². The Morgan fingerprint density at radius 2 is 1.89 bits per heavy atom. The van der Waals surface area contributed by atoms with E-state index in [1.165, 1.54) is 12.8 Å². The van der Waals surface area contributed by atoms with Gasteiger partial charge in [-0.3, -0.25) is 9.69 Å². The Kier molecular flexibility index (Phi) is 3.97. The summed E-state index contributed by atoms with van der Waals surface area (Å²) in [6.07, 6.45) is 3.69. The number of ether oxygens (including phenoxy) is 1. The van der Waals surface area contributed by atoms with Crippen LogP contribution in [-0.2, 0) is 9.53 Å². The van der Waals surface area contributed by atoms with Crippen molar-refractivity contribution in [3.63, 3.8) is 0 Å². The average molecular weight is 267 g/mol. The first-order valence-electron chi connectivity index (χ1n) is 7.77. The quantitative estimate of drug-likeness (QED) is 0.717. The second kappa shape index (κ2) is 5.08. The first kappa shape index (κ1) is 14.8. The summed E-state index contributed by atoms with van der Waals surface area (Å²) in [5.74, 6) is 0.682. The summed E-state index contributed by atoms with van der Waals surface area (Å²) >= 11 is 0. The van der Waals surface area contributed by atoms with Gasteiger partial charge in [-0.1, -0.05) is 34.6 Å². The predicted molar refractivity (Wildman–Crippen MR) is 76.9 cm³/mol. The number of nitrogens with zero attached hydrogens (tertiary/aromatic N) is 1. The van der Waals surface area contributed by atoms with Crippen molar-refractivity contribution in [1.29, 1.82) is 0 Å². The van der Waals surface area contributed by atoms with Crippen LogP contribution in [0.1, 0.15) is 53.9 Å². The smallest absolute Gasteiger partial charge is 0.320 e. The molecule has 2 bridgehead atoms. The molecule has 0 spiro atoms. The maximum atomic E-state index is 12.1. The minimum Gasteiger partial charge on any atom is -0.461 e. The first-order valence-corrected chi connectivity index (χ1v) is 7.77. The minimum absolute atomic E-state index is 0.0433. The Bertz CT molecular complexity index is 349. The number of hydrogen-bond donors (Lipinski definition) is 0. The number of carbonyl (C=O) groups excluding carboxylic acids is 1. The van der Waals surface area contributed by atoms with Crippen LogP contribution in [-0.4, -0.2) is 36.6 Å². The van der Waals surface area contributed by atoms with Gasteiger partial charge in [0, 0.05) is 5.41 Å². The number of esters is 1. The molecule has 3 unspecified atom stereocenters. The van der Waals surface area contributed by atoms with Crippen molar-refractivity contribution in [1.82, 2.24) is 4.90 Å². The number of fused-ring (bicyclic) bond motifs is 2. The Labute approximate surface area is 117 Å². The van der Waals surface area contributed by atoms with Gasteiger partial charge in [0.25, 0.3) is 0 Å². The van der Waals surface area contributed by atoms with E-state index in [9.17, 15) is 4.79 Å². The lowest BCUT2D eigenvalue weighted by molar-refractivity contribution is -0.158. The maximum Gasteiger partial charge on any atom is 0.320 e. The van der Waals surface area contributed by atoms with Crippen LogP contribution in [0.15, 0.2) is 0 Å². The zero-order chi connectivity index (χ0) is 14.3. The fraction of sp³-hybridized carbons (Fsp3) is 0.938. The van der Waals surface area contributed by atoms with Crippen molar-refractivity contribution in [3.8, 4) is 0 Å². The highest BCUT2D eigenvalue weighted by Crippen LogP contribution is 2.66. The fourth-order valence-corrected chi connectivity index (χ4v) is 4.13. The van der Waals surface area contributed by atoms with E-state index in [-0.39, 0.29) is 17.5 Å². The van der Waals surface area contributed by atoms with Gasteiger partial charge < -0.3 is 4.74 Å². The molecule has 2 aliphatic carbocycles. The van der Waals surface area contributed by atoms with Crippen molar-refractivity contribution in [3.05, 3.63) is 0 Å². The van der Waals surface area contributed by atoms with Crippen molar-refractivity contribution < 1.29 is 9.53 Å². The molecule has 19 heavy (non-hydrogen) atoms. The van der Waals surface area contributed by atoms with E-state index in [1.807, 2.05) is 0 Å². The van der Waals surface area contributed by atoms with Crippen molar-refractivity contribution in [2.45, 2.75) is 60.0 Å². The number of likely N-dealkylation sites (N-methyl/N-ethyl adjacent to an activating group) is 1. The molecule has 2 rings (SSSR count). The largest absolute Gasteiger partial charge is 0.461 e. The Hall–Kier alpha value is -0.570.